The van der Waals surface area contributed by atoms with Gasteiger partial charge in [-0.3, -0.25) is 14.2 Å². The van der Waals surface area contributed by atoms with Gasteiger partial charge >= 0.3 is 5.69 Å². The number of H-pyrrole nitrogens is 1. The van der Waals surface area contributed by atoms with Gasteiger partial charge < -0.3 is 19.4 Å². The number of nitrogens with one attached hydrogen (secondary N) is 1. The second-order valence-corrected chi connectivity index (χ2v) is 7.54. The van der Waals surface area contributed by atoms with Crippen LogP contribution in [0.1, 0.15) is 30.9 Å². The SMILES string of the molecule is COc1ccc([C@H]2CCCN2C(=O)CCn2c(=O)[nH]c3ccccc3c2=O)c(OC)c1. The van der Waals surface area contributed by atoms with Gasteiger partial charge in [0.15, 0.2) is 0 Å². The third-order valence-corrected chi connectivity index (χ3v) is 5.81. The molecule has 0 spiro atoms. The van der Waals surface area contributed by atoms with Crippen molar-refractivity contribution >= 4 is 16.8 Å². The van der Waals surface area contributed by atoms with Crippen molar-refractivity contribution in [2.75, 3.05) is 20.8 Å². The van der Waals surface area contributed by atoms with Crippen molar-refractivity contribution in [3.05, 3.63) is 68.9 Å². The summed E-state index contributed by atoms with van der Waals surface area (Å²) in [5, 5.41) is 0.427. The number of nitrogens with zero attached hydrogens (tertiary/aromatic N) is 2. The fraction of sp³-hybridized carbons (Fsp3) is 0.348. The van der Waals surface area contributed by atoms with E-state index in [1.54, 1.807) is 38.5 Å². The lowest BCUT2D eigenvalue weighted by molar-refractivity contribution is -0.132. The zero-order chi connectivity index (χ0) is 22.0. The Morgan fingerprint density at radius 2 is 1.94 bits per heavy atom. The first-order valence-corrected chi connectivity index (χ1v) is 10.3. The molecule has 162 valence electrons. The number of fused-ring (bicyclic) bond motifs is 1. The summed E-state index contributed by atoms with van der Waals surface area (Å²) in [5.41, 5.74) is 0.523. The molecule has 1 fully saturated rings. The van der Waals surface area contributed by atoms with Crippen molar-refractivity contribution in [3.8, 4) is 11.5 Å². The summed E-state index contributed by atoms with van der Waals surface area (Å²) in [4.78, 5) is 42.6. The summed E-state index contributed by atoms with van der Waals surface area (Å²) in [5.74, 6) is 1.26. The molecule has 1 aliphatic rings. The smallest absolute Gasteiger partial charge is 0.328 e. The number of rotatable bonds is 6. The molecule has 0 radical (unpaired) electrons. The summed E-state index contributed by atoms with van der Waals surface area (Å²) in [6.07, 6.45) is 1.77. The number of para-hydroxylation sites is 1. The van der Waals surface area contributed by atoms with Crippen molar-refractivity contribution in [3.63, 3.8) is 0 Å². The van der Waals surface area contributed by atoms with E-state index in [-0.39, 0.29) is 30.5 Å². The van der Waals surface area contributed by atoms with E-state index in [4.69, 9.17) is 9.47 Å². The Labute approximate surface area is 179 Å². The molecule has 2 aromatic carbocycles. The van der Waals surface area contributed by atoms with E-state index >= 15 is 0 Å². The number of hydrogen-bond donors (Lipinski definition) is 1. The van der Waals surface area contributed by atoms with Crippen molar-refractivity contribution in [1.82, 2.24) is 14.5 Å². The number of likely N-dealkylation sites (tertiary alicyclic amines) is 1. The average Bonchev–Trinajstić information content (AvgIpc) is 3.28. The highest BCUT2D eigenvalue weighted by Gasteiger charge is 2.31. The second-order valence-electron chi connectivity index (χ2n) is 7.54. The number of methoxy groups -OCH3 is 2. The van der Waals surface area contributed by atoms with Crippen molar-refractivity contribution in [2.24, 2.45) is 0 Å². The number of hydrogen-bond acceptors (Lipinski definition) is 5. The fourth-order valence-electron chi connectivity index (χ4n) is 4.24. The van der Waals surface area contributed by atoms with E-state index in [1.807, 2.05) is 23.1 Å². The number of amides is 1. The number of aromatic nitrogens is 2. The summed E-state index contributed by atoms with van der Waals surface area (Å²) in [7, 11) is 3.19. The predicted molar refractivity (Wildman–Crippen MR) is 117 cm³/mol. The molecule has 1 aliphatic heterocycles. The van der Waals surface area contributed by atoms with E-state index < -0.39 is 5.69 Å². The van der Waals surface area contributed by atoms with Crippen LogP contribution in [0.25, 0.3) is 10.9 Å². The maximum atomic E-state index is 13.0. The van der Waals surface area contributed by atoms with Gasteiger partial charge in [0.25, 0.3) is 5.56 Å². The minimum absolute atomic E-state index is 0.0286. The third kappa shape index (κ3) is 3.93. The number of carbonyl (C=O) groups is 1. The van der Waals surface area contributed by atoms with Gasteiger partial charge in [-0.1, -0.05) is 12.1 Å². The van der Waals surface area contributed by atoms with Crippen molar-refractivity contribution < 1.29 is 14.3 Å². The molecule has 0 unspecified atom stereocenters. The van der Waals surface area contributed by atoms with Gasteiger partial charge in [0, 0.05) is 31.1 Å². The lowest BCUT2D eigenvalue weighted by atomic mass is 10.0. The molecular weight excluding hydrogens is 398 g/mol. The average molecular weight is 423 g/mol. The maximum absolute atomic E-state index is 13.0. The van der Waals surface area contributed by atoms with Crippen LogP contribution in [0.15, 0.2) is 52.1 Å². The predicted octanol–water partition coefficient (Wildman–Crippen LogP) is 2.46. The van der Waals surface area contributed by atoms with Crippen LogP contribution in [0.2, 0.25) is 0 Å². The Kier molecular flexibility index (Phi) is 5.79. The Hall–Kier alpha value is -3.55. The highest BCUT2D eigenvalue weighted by molar-refractivity contribution is 5.78. The molecule has 1 saturated heterocycles. The largest absolute Gasteiger partial charge is 0.497 e. The van der Waals surface area contributed by atoms with Gasteiger partial charge in [-0.2, -0.15) is 0 Å². The Morgan fingerprint density at radius 3 is 2.71 bits per heavy atom. The lowest BCUT2D eigenvalue weighted by Crippen LogP contribution is -2.37. The topological polar surface area (TPSA) is 93.6 Å². The molecule has 1 atom stereocenters. The first-order chi connectivity index (χ1) is 15.0. The van der Waals surface area contributed by atoms with Crippen LogP contribution in [0, 0.1) is 0 Å². The highest BCUT2D eigenvalue weighted by atomic mass is 16.5. The van der Waals surface area contributed by atoms with Gasteiger partial charge in [0.05, 0.1) is 31.2 Å². The van der Waals surface area contributed by atoms with Gasteiger partial charge in [-0.05, 0) is 37.1 Å². The normalized spacial score (nSPS) is 15.9. The van der Waals surface area contributed by atoms with E-state index in [1.165, 1.54) is 0 Å². The van der Waals surface area contributed by atoms with E-state index in [0.29, 0.717) is 28.9 Å². The molecule has 8 nitrogen and oxygen atoms in total. The van der Waals surface area contributed by atoms with Crippen LogP contribution in [0.3, 0.4) is 0 Å². The molecule has 1 aromatic heterocycles. The fourth-order valence-corrected chi connectivity index (χ4v) is 4.24. The van der Waals surface area contributed by atoms with E-state index in [9.17, 15) is 14.4 Å². The summed E-state index contributed by atoms with van der Waals surface area (Å²) in [6.45, 7) is 0.655. The van der Waals surface area contributed by atoms with E-state index in [0.717, 1.165) is 23.0 Å². The first-order valence-electron chi connectivity index (χ1n) is 10.3. The van der Waals surface area contributed by atoms with Crippen LogP contribution < -0.4 is 20.7 Å². The van der Waals surface area contributed by atoms with Crippen LogP contribution in [0.4, 0.5) is 0 Å². The van der Waals surface area contributed by atoms with Gasteiger partial charge in [-0.25, -0.2) is 4.79 Å². The number of aromatic amines is 1. The van der Waals surface area contributed by atoms with Crippen LogP contribution in [-0.2, 0) is 11.3 Å². The molecule has 2 heterocycles. The van der Waals surface area contributed by atoms with Gasteiger partial charge in [0.2, 0.25) is 5.91 Å². The number of carbonyl (C=O) groups excluding carboxylic acids is 1. The molecular formula is C23H25N3O5. The van der Waals surface area contributed by atoms with Gasteiger partial charge in [-0.15, -0.1) is 0 Å². The van der Waals surface area contributed by atoms with Crippen molar-refractivity contribution in [2.45, 2.75) is 31.8 Å². The van der Waals surface area contributed by atoms with Gasteiger partial charge in [0.1, 0.15) is 11.5 Å². The molecule has 4 rings (SSSR count). The zero-order valence-corrected chi connectivity index (χ0v) is 17.6. The number of benzene rings is 2. The number of ether oxygens (including phenoxy) is 2. The zero-order valence-electron chi connectivity index (χ0n) is 17.6. The molecule has 0 aliphatic carbocycles. The van der Waals surface area contributed by atoms with Crippen LogP contribution >= 0.6 is 0 Å². The molecule has 0 saturated carbocycles. The minimum Gasteiger partial charge on any atom is -0.497 e. The monoisotopic (exact) mass is 423 g/mol. The first kappa shape index (κ1) is 20.7. The summed E-state index contributed by atoms with van der Waals surface area (Å²) >= 11 is 0. The molecule has 1 amide bonds. The Bertz CT molecular complexity index is 1230. The molecule has 31 heavy (non-hydrogen) atoms. The standard InChI is InChI=1S/C23H25N3O5/c1-30-15-9-10-17(20(14-15)31-2)19-8-5-12-25(19)21(27)11-13-26-22(28)16-6-3-4-7-18(16)24-23(26)29/h3-4,6-7,9-10,14,19H,5,8,11-13H2,1-2H3,(H,24,29)/t19-/m1/s1. The van der Waals surface area contributed by atoms with Crippen LogP contribution in [-0.4, -0.2) is 41.1 Å². The second kappa shape index (κ2) is 8.67. The third-order valence-electron chi connectivity index (χ3n) is 5.81. The van der Waals surface area contributed by atoms with E-state index in [2.05, 4.69) is 4.98 Å². The summed E-state index contributed by atoms with van der Waals surface area (Å²) < 4.78 is 11.9. The molecule has 8 heteroatoms. The Balaban J connectivity index is 1.55. The molecule has 3 aromatic rings. The van der Waals surface area contributed by atoms with Crippen LogP contribution in [0.5, 0.6) is 11.5 Å². The summed E-state index contributed by atoms with van der Waals surface area (Å²) in [6, 6.07) is 12.3. The maximum Gasteiger partial charge on any atom is 0.328 e. The molecule has 0 bridgehead atoms. The Morgan fingerprint density at radius 1 is 1.13 bits per heavy atom. The highest BCUT2D eigenvalue weighted by Crippen LogP contribution is 2.38. The molecule has 1 N–H and O–H groups in total. The van der Waals surface area contributed by atoms with Crippen molar-refractivity contribution in [1.29, 1.82) is 0 Å². The quantitative estimate of drug-likeness (QED) is 0.657. The minimum atomic E-state index is -0.508. The lowest BCUT2D eigenvalue weighted by Gasteiger charge is -2.26.